The number of nitrogens with zero attached hydrogens (tertiary/aromatic N) is 3. The molecule has 0 saturated carbocycles. The maximum absolute atomic E-state index is 12.2. The van der Waals surface area contributed by atoms with Gasteiger partial charge in [0, 0.05) is 36.6 Å². The van der Waals surface area contributed by atoms with Gasteiger partial charge in [-0.3, -0.25) is 9.59 Å². The van der Waals surface area contributed by atoms with E-state index in [1.54, 1.807) is 17.0 Å². The standard InChI is InChI=1S/C15H12Cl2N4O2/c16-12-5-9(1-3-18-12)14(22)20-11-7-21(8-11)15(23)10-2-4-19-13(17)6-10/h1-6,11H,7-8H2,(H,20,22). The molecule has 0 aromatic carbocycles. The zero-order valence-corrected chi connectivity index (χ0v) is 13.4. The van der Waals surface area contributed by atoms with E-state index in [0.29, 0.717) is 24.2 Å². The number of nitrogens with one attached hydrogen (secondary N) is 1. The van der Waals surface area contributed by atoms with Crippen LogP contribution in [0.3, 0.4) is 0 Å². The summed E-state index contributed by atoms with van der Waals surface area (Å²) in [6, 6.07) is 6.13. The Bertz CT molecular complexity index is 763. The summed E-state index contributed by atoms with van der Waals surface area (Å²) in [4.78, 5) is 33.6. The van der Waals surface area contributed by atoms with E-state index in [9.17, 15) is 9.59 Å². The Morgan fingerprint density at radius 1 is 1.04 bits per heavy atom. The molecule has 0 unspecified atom stereocenters. The van der Waals surface area contributed by atoms with E-state index in [-0.39, 0.29) is 28.2 Å². The Labute approximate surface area is 142 Å². The van der Waals surface area contributed by atoms with Crippen LogP contribution in [-0.4, -0.2) is 45.8 Å². The fraction of sp³-hybridized carbons (Fsp3) is 0.200. The molecule has 0 radical (unpaired) electrons. The van der Waals surface area contributed by atoms with Crippen LogP contribution in [0.4, 0.5) is 0 Å². The summed E-state index contributed by atoms with van der Waals surface area (Å²) in [7, 11) is 0. The van der Waals surface area contributed by atoms with Crippen LogP contribution in [0, 0.1) is 0 Å². The van der Waals surface area contributed by atoms with E-state index in [4.69, 9.17) is 23.2 Å². The predicted molar refractivity (Wildman–Crippen MR) is 85.7 cm³/mol. The molecular formula is C15H12Cl2N4O2. The minimum atomic E-state index is -0.238. The number of amides is 2. The number of carbonyl (C=O) groups is 2. The minimum absolute atomic E-state index is 0.0873. The molecule has 1 aliphatic heterocycles. The highest BCUT2D eigenvalue weighted by molar-refractivity contribution is 6.30. The molecule has 2 aromatic rings. The Kier molecular flexibility index (Phi) is 4.45. The highest BCUT2D eigenvalue weighted by Crippen LogP contribution is 2.16. The van der Waals surface area contributed by atoms with Crippen LogP contribution in [0.15, 0.2) is 36.7 Å². The first kappa shape index (κ1) is 15.7. The van der Waals surface area contributed by atoms with Crippen molar-refractivity contribution in [3.05, 3.63) is 58.1 Å². The topological polar surface area (TPSA) is 75.2 Å². The van der Waals surface area contributed by atoms with Crippen LogP contribution in [-0.2, 0) is 0 Å². The molecule has 0 bridgehead atoms. The summed E-state index contributed by atoms with van der Waals surface area (Å²) in [5.74, 6) is -0.370. The molecule has 2 amide bonds. The average Bonchev–Trinajstić information content (AvgIpc) is 2.49. The molecule has 1 fully saturated rings. The monoisotopic (exact) mass is 350 g/mol. The number of carbonyl (C=O) groups excluding carboxylic acids is 2. The van der Waals surface area contributed by atoms with E-state index >= 15 is 0 Å². The Morgan fingerprint density at radius 2 is 1.61 bits per heavy atom. The molecule has 0 atom stereocenters. The lowest BCUT2D eigenvalue weighted by Gasteiger charge is -2.39. The number of halogens is 2. The smallest absolute Gasteiger partial charge is 0.254 e. The molecule has 2 aromatic heterocycles. The SMILES string of the molecule is O=C(NC1CN(C(=O)c2ccnc(Cl)c2)C1)c1ccnc(Cl)c1. The van der Waals surface area contributed by atoms with E-state index in [0.717, 1.165) is 0 Å². The summed E-state index contributed by atoms with van der Waals surface area (Å²) in [5.41, 5.74) is 0.923. The number of hydrogen-bond donors (Lipinski definition) is 1. The van der Waals surface area contributed by atoms with Gasteiger partial charge in [0.2, 0.25) is 0 Å². The molecule has 3 heterocycles. The highest BCUT2D eigenvalue weighted by atomic mass is 35.5. The predicted octanol–water partition coefficient (Wildman–Crippen LogP) is 2.04. The van der Waals surface area contributed by atoms with Crippen molar-refractivity contribution >= 4 is 35.0 Å². The van der Waals surface area contributed by atoms with Crippen LogP contribution < -0.4 is 5.32 Å². The van der Waals surface area contributed by atoms with Crippen molar-refractivity contribution in [2.45, 2.75) is 6.04 Å². The maximum atomic E-state index is 12.2. The molecule has 6 nitrogen and oxygen atoms in total. The van der Waals surface area contributed by atoms with E-state index in [1.165, 1.54) is 24.5 Å². The van der Waals surface area contributed by atoms with E-state index in [2.05, 4.69) is 15.3 Å². The van der Waals surface area contributed by atoms with Crippen LogP contribution in [0.25, 0.3) is 0 Å². The number of hydrogen-bond acceptors (Lipinski definition) is 4. The zero-order valence-electron chi connectivity index (χ0n) is 11.9. The van der Waals surface area contributed by atoms with Crippen molar-refractivity contribution in [1.82, 2.24) is 20.2 Å². The quantitative estimate of drug-likeness (QED) is 0.859. The van der Waals surface area contributed by atoms with Gasteiger partial charge in [-0.1, -0.05) is 23.2 Å². The fourth-order valence-corrected chi connectivity index (χ4v) is 2.61. The first-order valence-electron chi connectivity index (χ1n) is 6.86. The molecule has 0 aliphatic carbocycles. The van der Waals surface area contributed by atoms with Gasteiger partial charge in [-0.2, -0.15) is 0 Å². The molecule has 3 rings (SSSR count). The van der Waals surface area contributed by atoms with Gasteiger partial charge in [0.05, 0.1) is 6.04 Å². The van der Waals surface area contributed by atoms with Crippen molar-refractivity contribution < 1.29 is 9.59 Å². The van der Waals surface area contributed by atoms with Crippen LogP contribution in [0.2, 0.25) is 10.3 Å². The van der Waals surface area contributed by atoms with Crippen molar-refractivity contribution in [1.29, 1.82) is 0 Å². The summed E-state index contributed by atoms with van der Waals surface area (Å²) >= 11 is 11.5. The second kappa shape index (κ2) is 6.52. The summed E-state index contributed by atoms with van der Waals surface area (Å²) in [5, 5.41) is 3.39. The maximum Gasteiger partial charge on any atom is 0.254 e. The van der Waals surface area contributed by atoms with Gasteiger partial charge in [0.1, 0.15) is 10.3 Å². The number of rotatable bonds is 3. The molecule has 23 heavy (non-hydrogen) atoms. The summed E-state index contributed by atoms with van der Waals surface area (Å²) < 4.78 is 0. The van der Waals surface area contributed by atoms with Crippen LogP contribution in [0.1, 0.15) is 20.7 Å². The molecule has 8 heteroatoms. The van der Waals surface area contributed by atoms with Gasteiger partial charge >= 0.3 is 0 Å². The molecule has 1 saturated heterocycles. The fourth-order valence-electron chi connectivity index (χ4n) is 2.27. The molecule has 1 N–H and O–H groups in total. The van der Waals surface area contributed by atoms with Crippen molar-refractivity contribution in [3.8, 4) is 0 Å². The van der Waals surface area contributed by atoms with Crippen molar-refractivity contribution in [3.63, 3.8) is 0 Å². The number of pyridine rings is 2. The van der Waals surface area contributed by atoms with Gasteiger partial charge in [-0.05, 0) is 24.3 Å². The molecular weight excluding hydrogens is 339 g/mol. The number of aromatic nitrogens is 2. The Hall–Kier alpha value is -2.18. The normalized spacial score (nSPS) is 14.3. The Morgan fingerprint density at radius 3 is 2.22 bits per heavy atom. The first-order chi connectivity index (χ1) is 11.0. The third kappa shape index (κ3) is 3.60. The molecule has 0 spiro atoms. The molecule has 1 aliphatic rings. The Balaban J connectivity index is 1.55. The van der Waals surface area contributed by atoms with Gasteiger partial charge in [-0.15, -0.1) is 0 Å². The summed E-state index contributed by atoms with van der Waals surface area (Å²) in [6.45, 7) is 0.895. The first-order valence-corrected chi connectivity index (χ1v) is 7.62. The largest absolute Gasteiger partial charge is 0.346 e. The van der Waals surface area contributed by atoms with Crippen LogP contribution >= 0.6 is 23.2 Å². The third-order valence-electron chi connectivity index (χ3n) is 3.47. The average molecular weight is 351 g/mol. The van der Waals surface area contributed by atoms with Crippen LogP contribution in [0.5, 0.6) is 0 Å². The van der Waals surface area contributed by atoms with Gasteiger partial charge in [-0.25, -0.2) is 9.97 Å². The minimum Gasteiger partial charge on any atom is -0.346 e. The van der Waals surface area contributed by atoms with E-state index in [1.807, 2.05) is 0 Å². The third-order valence-corrected chi connectivity index (χ3v) is 3.88. The second-order valence-corrected chi connectivity index (χ2v) is 5.89. The van der Waals surface area contributed by atoms with Crippen molar-refractivity contribution in [2.24, 2.45) is 0 Å². The van der Waals surface area contributed by atoms with Gasteiger partial charge in [0.25, 0.3) is 11.8 Å². The van der Waals surface area contributed by atoms with Gasteiger partial charge in [0.15, 0.2) is 0 Å². The lowest BCUT2D eigenvalue weighted by Crippen LogP contribution is -2.60. The zero-order chi connectivity index (χ0) is 16.4. The number of likely N-dealkylation sites (tertiary alicyclic amines) is 1. The molecule has 118 valence electrons. The lowest BCUT2D eigenvalue weighted by atomic mass is 10.1. The van der Waals surface area contributed by atoms with Gasteiger partial charge < -0.3 is 10.2 Å². The van der Waals surface area contributed by atoms with E-state index < -0.39 is 0 Å². The lowest BCUT2D eigenvalue weighted by molar-refractivity contribution is 0.0542. The highest BCUT2D eigenvalue weighted by Gasteiger charge is 2.32. The van der Waals surface area contributed by atoms with Crippen molar-refractivity contribution in [2.75, 3.05) is 13.1 Å². The summed E-state index contributed by atoms with van der Waals surface area (Å²) in [6.07, 6.45) is 2.96. The second-order valence-electron chi connectivity index (χ2n) is 5.12.